The zero-order chi connectivity index (χ0) is 14.8. The van der Waals surface area contributed by atoms with Crippen molar-refractivity contribution in [3.05, 3.63) is 29.3 Å². The number of hydrogen-bond acceptors (Lipinski definition) is 4. The van der Waals surface area contributed by atoms with E-state index in [9.17, 15) is 13.2 Å². The standard InChI is InChI=1S/C13H15N3O3S/c1-9-2-3-10(7-14)6-12(9)20(18,19)16-11-4-5-13(17)15-8-11/h2-3,6,11,16H,4-5,8H2,1H3,(H,15,17). The molecule has 0 saturated carbocycles. The number of aryl methyl sites for hydroxylation is 1. The second-order valence-electron chi connectivity index (χ2n) is 4.75. The molecule has 1 aliphatic rings. The molecule has 1 amide bonds. The summed E-state index contributed by atoms with van der Waals surface area (Å²) in [6.07, 6.45) is 0.784. The van der Waals surface area contributed by atoms with Crippen molar-refractivity contribution in [1.82, 2.24) is 10.0 Å². The summed E-state index contributed by atoms with van der Waals surface area (Å²) < 4.78 is 27.2. The van der Waals surface area contributed by atoms with E-state index in [4.69, 9.17) is 5.26 Å². The molecule has 2 N–H and O–H groups in total. The van der Waals surface area contributed by atoms with Crippen molar-refractivity contribution in [2.24, 2.45) is 0 Å². The Morgan fingerprint density at radius 3 is 2.80 bits per heavy atom. The Morgan fingerprint density at radius 1 is 1.45 bits per heavy atom. The maximum Gasteiger partial charge on any atom is 0.241 e. The molecule has 0 aliphatic carbocycles. The first kappa shape index (κ1) is 14.5. The van der Waals surface area contributed by atoms with E-state index in [0.29, 0.717) is 24.0 Å². The van der Waals surface area contributed by atoms with E-state index < -0.39 is 10.0 Å². The lowest BCUT2D eigenvalue weighted by Gasteiger charge is -2.23. The lowest BCUT2D eigenvalue weighted by atomic mass is 10.1. The van der Waals surface area contributed by atoms with Crippen molar-refractivity contribution >= 4 is 15.9 Å². The van der Waals surface area contributed by atoms with Crippen LogP contribution in [0.4, 0.5) is 0 Å². The third-order valence-electron chi connectivity index (χ3n) is 3.19. The SMILES string of the molecule is Cc1ccc(C#N)cc1S(=O)(=O)NC1CCC(=O)NC1. The van der Waals surface area contributed by atoms with E-state index in [0.717, 1.165) is 0 Å². The van der Waals surface area contributed by atoms with Gasteiger partial charge in [-0.2, -0.15) is 5.26 Å². The van der Waals surface area contributed by atoms with Crippen LogP contribution in [0.3, 0.4) is 0 Å². The molecular weight excluding hydrogens is 278 g/mol. The summed E-state index contributed by atoms with van der Waals surface area (Å²) in [5.41, 5.74) is 0.879. The van der Waals surface area contributed by atoms with Crippen molar-refractivity contribution in [2.45, 2.75) is 30.7 Å². The van der Waals surface area contributed by atoms with Crippen LogP contribution in [0.25, 0.3) is 0 Å². The van der Waals surface area contributed by atoms with Gasteiger partial charge in [-0.1, -0.05) is 6.07 Å². The van der Waals surface area contributed by atoms with E-state index in [1.54, 1.807) is 19.1 Å². The number of nitrogens with one attached hydrogen (secondary N) is 2. The van der Waals surface area contributed by atoms with Crippen molar-refractivity contribution in [1.29, 1.82) is 5.26 Å². The first-order valence-corrected chi connectivity index (χ1v) is 7.70. The third kappa shape index (κ3) is 3.15. The van der Waals surface area contributed by atoms with Crippen LogP contribution in [-0.4, -0.2) is 26.9 Å². The smallest absolute Gasteiger partial charge is 0.241 e. The van der Waals surface area contributed by atoms with Gasteiger partial charge >= 0.3 is 0 Å². The summed E-state index contributed by atoms with van der Waals surface area (Å²) in [6, 6.07) is 6.16. The van der Waals surface area contributed by atoms with Gasteiger partial charge in [0.05, 0.1) is 16.5 Å². The predicted octanol–water partition coefficient (Wildman–Crippen LogP) is 0.424. The highest BCUT2D eigenvalue weighted by molar-refractivity contribution is 7.89. The molecule has 1 aromatic rings. The number of sulfonamides is 1. The van der Waals surface area contributed by atoms with Crippen molar-refractivity contribution in [3.63, 3.8) is 0 Å². The van der Waals surface area contributed by atoms with Crippen LogP contribution >= 0.6 is 0 Å². The molecule has 0 spiro atoms. The quantitative estimate of drug-likeness (QED) is 0.843. The van der Waals surface area contributed by atoms with Gasteiger partial charge in [-0.05, 0) is 31.0 Å². The summed E-state index contributed by atoms with van der Waals surface area (Å²) in [5, 5.41) is 11.5. The monoisotopic (exact) mass is 293 g/mol. The van der Waals surface area contributed by atoms with Crippen LogP contribution in [0, 0.1) is 18.3 Å². The minimum Gasteiger partial charge on any atom is -0.355 e. The average Bonchev–Trinajstić information content (AvgIpc) is 2.41. The zero-order valence-corrected chi connectivity index (χ0v) is 11.8. The third-order valence-corrected chi connectivity index (χ3v) is 4.86. The summed E-state index contributed by atoms with van der Waals surface area (Å²) in [4.78, 5) is 11.2. The summed E-state index contributed by atoms with van der Waals surface area (Å²) in [7, 11) is -3.69. The average molecular weight is 293 g/mol. The minimum atomic E-state index is -3.69. The Morgan fingerprint density at radius 2 is 2.20 bits per heavy atom. The second kappa shape index (κ2) is 5.61. The van der Waals surface area contributed by atoms with Gasteiger partial charge in [0.15, 0.2) is 0 Å². The van der Waals surface area contributed by atoms with Crippen LogP contribution in [-0.2, 0) is 14.8 Å². The van der Waals surface area contributed by atoms with Crippen molar-refractivity contribution in [2.75, 3.05) is 6.54 Å². The molecular formula is C13H15N3O3S. The molecule has 6 nitrogen and oxygen atoms in total. The summed E-state index contributed by atoms with van der Waals surface area (Å²) in [6.45, 7) is 1.97. The second-order valence-corrected chi connectivity index (χ2v) is 6.44. The molecule has 1 aliphatic heterocycles. The number of carbonyl (C=O) groups excluding carboxylic acids is 1. The van der Waals surface area contributed by atoms with Gasteiger partial charge in [-0.3, -0.25) is 4.79 Å². The topological polar surface area (TPSA) is 99.1 Å². The number of rotatable bonds is 3. The maximum absolute atomic E-state index is 12.3. The predicted molar refractivity (Wildman–Crippen MR) is 72.2 cm³/mol. The molecule has 1 unspecified atom stereocenters. The van der Waals surface area contributed by atoms with Crippen molar-refractivity contribution < 1.29 is 13.2 Å². The van der Waals surface area contributed by atoms with Crippen LogP contribution in [0.15, 0.2) is 23.1 Å². The summed E-state index contributed by atoms with van der Waals surface area (Å²) in [5.74, 6) is -0.0666. The normalized spacial score (nSPS) is 19.2. The molecule has 20 heavy (non-hydrogen) atoms. The molecule has 2 rings (SSSR count). The highest BCUT2D eigenvalue weighted by Crippen LogP contribution is 2.18. The van der Waals surface area contributed by atoms with Gasteiger partial charge in [-0.25, -0.2) is 13.1 Å². The highest BCUT2D eigenvalue weighted by Gasteiger charge is 2.25. The van der Waals surface area contributed by atoms with E-state index in [1.165, 1.54) is 6.07 Å². The van der Waals surface area contributed by atoms with E-state index >= 15 is 0 Å². The van der Waals surface area contributed by atoms with E-state index in [1.807, 2.05) is 6.07 Å². The number of nitrogens with zero attached hydrogens (tertiary/aromatic N) is 1. The molecule has 0 radical (unpaired) electrons. The van der Waals surface area contributed by atoms with E-state index in [2.05, 4.69) is 10.0 Å². The zero-order valence-electron chi connectivity index (χ0n) is 11.0. The van der Waals surface area contributed by atoms with Gasteiger partial charge in [-0.15, -0.1) is 0 Å². The molecule has 0 bridgehead atoms. The Balaban J connectivity index is 2.22. The van der Waals surface area contributed by atoms with Gasteiger partial charge in [0.25, 0.3) is 0 Å². The van der Waals surface area contributed by atoms with Crippen LogP contribution in [0.1, 0.15) is 24.0 Å². The Labute approximate surface area is 117 Å². The molecule has 1 saturated heterocycles. The van der Waals surface area contributed by atoms with Gasteiger partial charge in [0.1, 0.15) is 0 Å². The van der Waals surface area contributed by atoms with E-state index in [-0.39, 0.29) is 23.4 Å². The number of amides is 1. The first-order valence-electron chi connectivity index (χ1n) is 6.22. The molecule has 1 aromatic carbocycles. The molecule has 106 valence electrons. The number of hydrogen-bond donors (Lipinski definition) is 2. The number of piperidine rings is 1. The first-order chi connectivity index (χ1) is 9.42. The van der Waals surface area contributed by atoms with Crippen molar-refractivity contribution in [3.8, 4) is 6.07 Å². The molecule has 1 atom stereocenters. The fourth-order valence-electron chi connectivity index (χ4n) is 2.08. The maximum atomic E-state index is 12.3. The van der Waals surface area contributed by atoms with Gasteiger partial charge in [0, 0.05) is 19.0 Å². The number of nitriles is 1. The fraction of sp³-hybridized carbons (Fsp3) is 0.385. The van der Waals surface area contributed by atoms with Gasteiger partial charge < -0.3 is 5.32 Å². The van der Waals surface area contributed by atoms with Crippen LogP contribution < -0.4 is 10.0 Å². The largest absolute Gasteiger partial charge is 0.355 e. The lowest BCUT2D eigenvalue weighted by molar-refractivity contribution is -0.122. The molecule has 1 heterocycles. The Hall–Kier alpha value is -1.91. The number of carbonyl (C=O) groups is 1. The molecule has 7 heteroatoms. The van der Waals surface area contributed by atoms with Gasteiger partial charge in [0.2, 0.25) is 15.9 Å². The minimum absolute atomic E-state index is 0.0666. The molecule has 0 aromatic heterocycles. The highest BCUT2D eigenvalue weighted by atomic mass is 32.2. The molecule has 1 fully saturated rings. The Bertz CT molecular complexity index is 667. The van der Waals surface area contributed by atoms with Crippen LogP contribution in [0.5, 0.6) is 0 Å². The number of benzene rings is 1. The fourth-order valence-corrected chi connectivity index (χ4v) is 3.62. The summed E-state index contributed by atoms with van der Waals surface area (Å²) >= 11 is 0. The van der Waals surface area contributed by atoms with Crippen LogP contribution in [0.2, 0.25) is 0 Å². The lowest BCUT2D eigenvalue weighted by Crippen LogP contribution is -2.47. The Kier molecular flexibility index (Phi) is 4.06.